The molecule has 0 unspecified atom stereocenters. The minimum absolute atomic E-state index is 0.00111. The predicted molar refractivity (Wildman–Crippen MR) is 72.7 cm³/mol. The lowest BCUT2D eigenvalue weighted by Gasteiger charge is -2.20. The van der Waals surface area contributed by atoms with E-state index in [0.717, 1.165) is 0 Å². The number of carbonyl (C=O) groups excluding carboxylic acids is 3. The number of hydrogen-bond donors (Lipinski definition) is 2. The maximum atomic E-state index is 12.5. The van der Waals surface area contributed by atoms with Crippen LogP contribution in [-0.2, 0) is 0 Å². The molecule has 0 spiro atoms. The van der Waals surface area contributed by atoms with Crippen LogP contribution in [0.3, 0.4) is 0 Å². The van der Waals surface area contributed by atoms with Gasteiger partial charge >= 0.3 is 0 Å². The van der Waals surface area contributed by atoms with Crippen LogP contribution in [-0.4, -0.2) is 17.5 Å². The van der Waals surface area contributed by atoms with E-state index in [2.05, 4.69) is 0 Å². The van der Waals surface area contributed by atoms with Crippen molar-refractivity contribution >= 4 is 23.2 Å². The highest BCUT2D eigenvalue weighted by Gasteiger charge is 2.33. The number of anilines is 1. The Kier molecular flexibility index (Phi) is 2.44. The molecule has 1 amide bonds. The van der Waals surface area contributed by atoms with Crippen LogP contribution in [0.4, 0.5) is 5.69 Å². The zero-order valence-electron chi connectivity index (χ0n) is 10.3. The Morgan fingerprint density at radius 1 is 0.850 bits per heavy atom. The highest BCUT2D eigenvalue weighted by Crippen LogP contribution is 2.31. The topological polar surface area (TPSA) is 103 Å². The van der Waals surface area contributed by atoms with Crippen LogP contribution in [0.2, 0.25) is 0 Å². The summed E-state index contributed by atoms with van der Waals surface area (Å²) in [5.41, 5.74) is 11.8. The van der Waals surface area contributed by atoms with Crippen molar-refractivity contribution in [2.75, 3.05) is 5.73 Å². The first-order valence-electron chi connectivity index (χ1n) is 5.93. The first-order valence-corrected chi connectivity index (χ1v) is 5.93. The van der Waals surface area contributed by atoms with Crippen molar-refractivity contribution in [1.29, 1.82) is 0 Å². The molecule has 0 atom stereocenters. The minimum Gasteiger partial charge on any atom is -0.398 e. The molecule has 0 bridgehead atoms. The molecular formula is C15H10N2O3. The molecule has 2 aromatic carbocycles. The second-order valence-electron chi connectivity index (χ2n) is 4.52. The van der Waals surface area contributed by atoms with Crippen molar-refractivity contribution in [1.82, 2.24) is 0 Å². The molecule has 2 aromatic rings. The fourth-order valence-corrected chi connectivity index (χ4v) is 2.47. The van der Waals surface area contributed by atoms with Crippen molar-refractivity contribution in [2.24, 2.45) is 5.73 Å². The summed E-state index contributed by atoms with van der Waals surface area (Å²) in [6.07, 6.45) is 0. The van der Waals surface area contributed by atoms with Gasteiger partial charge in [-0.15, -0.1) is 0 Å². The van der Waals surface area contributed by atoms with Gasteiger partial charge in [-0.1, -0.05) is 24.3 Å². The van der Waals surface area contributed by atoms with Gasteiger partial charge in [-0.2, -0.15) is 0 Å². The maximum absolute atomic E-state index is 12.5. The molecule has 5 heteroatoms. The third-order valence-corrected chi connectivity index (χ3v) is 3.37. The van der Waals surface area contributed by atoms with E-state index in [0.29, 0.717) is 5.56 Å². The molecular weight excluding hydrogens is 256 g/mol. The first-order chi connectivity index (χ1) is 9.52. The minimum atomic E-state index is -0.820. The largest absolute Gasteiger partial charge is 0.398 e. The molecule has 5 nitrogen and oxygen atoms in total. The first kappa shape index (κ1) is 12.1. The summed E-state index contributed by atoms with van der Waals surface area (Å²) in [5.74, 6) is -1.53. The van der Waals surface area contributed by atoms with Gasteiger partial charge in [0.1, 0.15) is 0 Å². The molecule has 98 valence electrons. The molecule has 1 aliphatic rings. The summed E-state index contributed by atoms with van der Waals surface area (Å²) >= 11 is 0. The Hall–Kier alpha value is -2.95. The second kappa shape index (κ2) is 4.03. The van der Waals surface area contributed by atoms with Gasteiger partial charge in [0.05, 0.1) is 5.56 Å². The Labute approximate surface area is 114 Å². The van der Waals surface area contributed by atoms with Crippen LogP contribution >= 0.6 is 0 Å². The van der Waals surface area contributed by atoms with Crippen LogP contribution in [0, 0.1) is 0 Å². The average molecular weight is 266 g/mol. The third-order valence-electron chi connectivity index (χ3n) is 3.37. The molecule has 0 saturated heterocycles. The Bertz CT molecular complexity index is 794. The van der Waals surface area contributed by atoms with E-state index in [1.165, 1.54) is 12.1 Å². The number of nitrogens with two attached hydrogens (primary N) is 2. The molecule has 0 aromatic heterocycles. The second-order valence-corrected chi connectivity index (χ2v) is 4.52. The molecule has 0 heterocycles. The van der Waals surface area contributed by atoms with Crippen molar-refractivity contribution in [3.63, 3.8) is 0 Å². The maximum Gasteiger partial charge on any atom is 0.251 e. The summed E-state index contributed by atoms with van der Waals surface area (Å²) in [6, 6.07) is 9.34. The summed E-state index contributed by atoms with van der Waals surface area (Å²) in [7, 11) is 0. The monoisotopic (exact) mass is 266 g/mol. The van der Waals surface area contributed by atoms with Crippen LogP contribution in [0.25, 0.3) is 0 Å². The standard InChI is InChI=1S/C15H10N2O3/c16-10-6-5-9-11(12(10)15(17)20)14(19)8-4-2-1-3-7(8)13(9)18/h1-6H,16H2,(H2,17,20). The summed E-state index contributed by atoms with van der Waals surface area (Å²) in [4.78, 5) is 36.4. The van der Waals surface area contributed by atoms with Crippen LogP contribution < -0.4 is 11.5 Å². The number of rotatable bonds is 1. The number of ketones is 2. The zero-order valence-corrected chi connectivity index (χ0v) is 10.3. The van der Waals surface area contributed by atoms with Crippen LogP contribution in [0.15, 0.2) is 36.4 Å². The van der Waals surface area contributed by atoms with E-state index in [1.807, 2.05) is 0 Å². The third kappa shape index (κ3) is 1.46. The van der Waals surface area contributed by atoms with Gasteiger partial charge in [-0.05, 0) is 12.1 Å². The van der Waals surface area contributed by atoms with Gasteiger partial charge in [-0.3, -0.25) is 14.4 Å². The molecule has 0 saturated carbocycles. The number of hydrogen-bond acceptors (Lipinski definition) is 4. The molecule has 3 rings (SSSR count). The molecule has 0 radical (unpaired) electrons. The van der Waals surface area contributed by atoms with Crippen LogP contribution in [0.5, 0.6) is 0 Å². The van der Waals surface area contributed by atoms with Crippen LogP contribution in [0.1, 0.15) is 42.2 Å². The Morgan fingerprint density at radius 3 is 2.05 bits per heavy atom. The summed E-state index contributed by atoms with van der Waals surface area (Å²) < 4.78 is 0. The van der Waals surface area contributed by atoms with E-state index in [9.17, 15) is 14.4 Å². The number of carbonyl (C=O) groups is 3. The van der Waals surface area contributed by atoms with E-state index < -0.39 is 11.7 Å². The quantitative estimate of drug-likeness (QED) is 0.644. The molecule has 20 heavy (non-hydrogen) atoms. The van der Waals surface area contributed by atoms with Gasteiger partial charge in [0.25, 0.3) is 5.91 Å². The normalized spacial score (nSPS) is 12.8. The molecule has 0 aliphatic heterocycles. The number of fused-ring (bicyclic) bond motifs is 2. The Balaban J connectivity index is 2.40. The smallest absolute Gasteiger partial charge is 0.251 e. The molecule has 4 N–H and O–H groups in total. The fraction of sp³-hybridized carbons (Fsp3) is 0. The highest BCUT2D eigenvalue weighted by molar-refractivity contribution is 6.31. The van der Waals surface area contributed by atoms with Gasteiger partial charge < -0.3 is 11.5 Å². The molecule has 0 fully saturated rings. The van der Waals surface area contributed by atoms with Gasteiger partial charge in [0.15, 0.2) is 11.6 Å². The Morgan fingerprint density at radius 2 is 1.45 bits per heavy atom. The number of benzene rings is 2. The van der Waals surface area contributed by atoms with Gasteiger partial charge in [0, 0.05) is 27.9 Å². The van der Waals surface area contributed by atoms with Gasteiger partial charge in [0.2, 0.25) is 0 Å². The lowest BCUT2D eigenvalue weighted by atomic mass is 9.81. The summed E-state index contributed by atoms with van der Waals surface area (Å²) in [6.45, 7) is 0. The van der Waals surface area contributed by atoms with Crippen molar-refractivity contribution in [3.8, 4) is 0 Å². The predicted octanol–water partition coefficient (Wildman–Crippen LogP) is 1.14. The lowest BCUT2D eigenvalue weighted by Crippen LogP contribution is -2.27. The highest BCUT2D eigenvalue weighted by atomic mass is 16.1. The summed E-state index contributed by atoms with van der Waals surface area (Å²) in [5, 5.41) is 0. The lowest BCUT2D eigenvalue weighted by molar-refractivity contribution is 0.0964. The van der Waals surface area contributed by atoms with E-state index in [1.54, 1.807) is 24.3 Å². The molecule has 1 aliphatic carbocycles. The number of amides is 1. The van der Waals surface area contributed by atoms with Crippen molar-refractivity contribution in [3.05, 3.63) is 64.2 Å². The van der Waals surface area contributed by atoms with E-state index in [-0.39, 0.29) is 33.7 Å². The SMILES string of the molecule is NC(=O)c1c(N)ccc2c1C(=O)c1ccccc1C2=O. The fourth-order valence-electron chi connectivity index (χ4n) is 2.47. The van der Waals surface area contributed by atoms with Gasteiger partial charge in [-0.25, -0.2) is 0 Å². The number of primary amides is 1. The van der Waals surface area contributed by atoms with E-state index >= 15 is 0 Å². The average Bonchev–Trinajstić information content (AvgIpc) is 2.44. The zero-order chi connectivity index (χ0) is 14.4. The van der Waals surface area contributed by atoms with Crippen molar-refractivity contribution in [2.45, 2.75) is 0 Å². The number of nitrogen functional groups attached to an aromatic ring is 1. The van der Waals surface area contributed by atoms with Crippen molar-refractivity contribution < 1.29 is 14.4 Å². The van der Waals surface area contributed by atoms with E-state index in [4.69, 9.17) is 11.5 Å².